The second-order valence-electron chi connectivity index (χ2n) is 13.5. The third-order valence-corrected chi connectivity index (χ3v) is 9.51. The molecule has 10 heteroatoms. The zero-order valence-electron chi connectivity index (χ0n) is 32.6. The molecule has 0 aromatic rings. The van der Waals surface area contributed by atoms with E-state index >= 15 is 0 Å². The largest absolute Gasteiger partial charge is 0.472 e. The van der Waals surface area contributed by atoms with Gasteiger partial charge in [0.2, 0.25) is 0 Å². The zero-order valence-corrected chi connectivity index (χ0v) is 33.5. The van der Waals surface area contributed by atoms with Crippen molar-refractivity contribution < 1.29 is 37.6 Å². The highest BCUT2D eigenvalue weighted by Crippen LogP contribution is 2.43. The van der Waals surface area contributed by atoms with Crippen molar-refractivity contribution in [3.63, 3.8) is 0 Å². The number of ether oxygens (including phenoxy) is 2. The van der Waals surface area contributed by atoms with Gasteiger partial charge in [-0.25, -0.2) is 4.57 Å². The SMILES string of the molecule is CCCCCCCCC=CCC=CCC=CCCCC(=O)O[C@H](COC(=O)CCCCCCCCCCCCCCC)COP(=O)(O)OCCN. The van der Waals surface area contributed by atoms with Crippen molar-refractivity contribution in [2.24, 2.45) is 5.73 Å². The third kappa shape index (κ3) is 37.8. The topological polar surface area (TPSA) is 134 Å². The van der Waals surface area contributed by atoms with Gasteiger partial charge in [-0.3, -0.25) is 18.6 Å². The molecule has 0 saturated carbocycles. The smallest absolute Gasteiger partial charge is 0.462 e. The number of esters is 2. The number of carbonyl (C=O) groups is 2. The van der Waals surface area contributed by atoms with Gasteiger partial charge in [-0.2, -0.15) is 0 Å². The lowest BCUT2D eigenvalue weighted by molar-refractivity contribution is -0.161. The van der Waals surface area contributed by atoms with Gasteiger partial charge < -0.3 is 20.1 Å². The molecule has 0 heterocycles. The summed E-state index contributed by atoms with van der Waals surface area (Å²) in [5.74, 6) is -0.887. The molecule has 0 fully saturated rings. The van der Waals surface area contributed by atoms with Crippen LogP contribution in [0.3, 0.4) is 0 Å². The van der Waals surface area contributed by atoms with Crippen LogP contribution in [-0.4, -0.2) is 49.3 Å². The number of hydrogen-bond acceptors (Lipinski definition) is 8. The highest BCUT2D eigenvalue weighted by atomic mass is 31.2. The molecule has 0 aromatic carbocycles. The van der Waals surface area contributed by atoms with Crippen molar-refractivity contribution in [1.82, 2.24) is 0 Å². The average molecular weight is 742 g/mol. The first kappa shape index (κ1) is 49.2. The summed E-state index contributed by atoms with van der Waals surface area (Å²) in [6, 6.07) is 0. The first-order valence-corrected chi connectivity index (χ1v) is 22.0. The first-order valence-electron chi connectivity index (χ1n) is 20.5. The molecule has 0 spiro atoms. The molecule has 0 bridgehead atoms. The van der Waals surface area contributed by atoms with Crippen LogP contribution < -0.4 is 5.73 Å². The van der Waals surface area contributed by atoms with E-state index in [1.807, 2.05) is 6.08 Å². The molecular formula is C41H76NO8P. The van der Waals surface area contributed by atoms with Gasteiger partial charge in [-0.05, 0) is 44.9 Å². The summed E-state index contributed by atoms with van der Waals surface area (Å²) in [6.45, 7) is 3.66. The Kier molecular flexibility index (Phi) is 36.7. The summed E-state index contributed by atoms with van der Waals surface area (Å²) in [5, 5.41) is 0. The van der Waals surface area contributed by atoms with Crippen LogP contribution in [0.15, 0.2) is 36.5 Å². The van der Waals surface area contributed by atoms with Crippen molar-refractivity contribution in [3.05, 3.63) is 36.5 Å². The minimum Gasteiger partial charge on any atom is -0.462 e. The normalized spacial score (nSPS) is 13.7. The van der Waals surface area contributed by atoms with Crippen molar-refractivity contribution in [2.75, 3.05) is 26.4 Å². The summed E-state index contributed by atoms with van der Waals surface area (Å²) >= 11 is 0. The maximum Gasteiger partial charge on any atom is 0.472 e. The molecule has 0 aliphatic heterocycles. The lowest BCUT2D eigenvalue weighted by atomic mass is 10.0. The minimum atomic E-state index is -4.38. The fourth-order valence-electron chi connectivity index (χ4n) is 5.47. The van der Waals surface area contributed by atoms with E-state index in [0.29, 0.717) is 6.42 Å². The second kappa shape index (κ2) is 38.0. The van der Waals surface area contributed by atoms with Crippen molar-refractivity contribution >= 4 is 19.8 Å². The Labute approximate surface area is 312 Å². The lowest BCUT2D eigenvalue weighted by Crippen LogP contribution is -2.29. The van der Waals surface area contributed by atoms with E-state index in [-0.39, 0.29) is 32.6 Å². The Balaban J connectivity index is 4.27. The number of phosphoric acid groups is 1. The van der Waals surface area contributed by atoms with Gasteiger partial charge in [0.25, 0.3) is 0 Å². The van der Waals surface area contributed by atoms with Crippen molar-refractivity contribution in [3.8, 4) is 0 Å². The molecule has 0 aromatic heterocycles. The molecule has 1 unspecified atom stereocenters. The van der Waals surface area contributed by atoms with Gasteiger partial charge in [0.1, 0.15) is 6.61 Å². The van der Waals surface area contributed by atoms with Gasteiger partial charge in [-0.15, -0.1) is 0 Å². The second-order valence-corrected chi connectivity index (χ2v) is 15.0. The van der Waals surface area contributed by atoms with Crippen LogP contribution in [0.4, 0.5) is 0 Å². The Hall–Kier alpha value is -1.77. The summed E-state index contributed by atoms with van der Waals surface area (Å²) in [4.78, 5) is 34.7. The van der Waals surface area contributed by atoms with E-state index in [2.05, 4.69) is 44.2 Å². The van der Waals surface area contributed by atoms with Gasteiger partial charge >= 0.3 is 19.8 Å². The number of nitrogens with two attached hydrogens (primary N) is 1. The maximum absolute atomic E-state index is 12.5. The summed E-state index contributed by atoms with van der Waals surface area (Å²) in [6.07, 6.45) is 40.4. The average Bonchev–Trinajstić information content (AvgIpc) is 3.11. The molecule has 2 atom stereocenters. The molecule has 0 radical (unpaired) electrons. The Morgan fingerprint density at radius 3 is 1.57 bits per heavy atom. The van der Waals surface area contributed by atoms with E-state index in [1.165, 1.54) is 103 Å². The Morgan fingerprint density at radius 1 is 0.588 bits per heavy atom. The lowest BCUT2D eigenvalue weighted by Gasteiger charge is -2.19. The highest BCUT2D eigenvalue weighted by Gasteiger charge is 2.25. The molecule has 9 nitrogen and oxygen atoms in total. The monoisotopic (exact) mass is 742 g/mol. The van der Waals surface area contributed by atoms with E-state index in [0.717, 1.165) is 44.9 Å². The van der Waals surface area contributed by atoms with Crippen LogP contribution in [0, 0.1) is 0 Å². The molecule has 0 aliphatic rings. The third-order valence-electron chi connectivity index (χ3n) is 8.53. The number of phosphoric ester groups is 1. The fourth-order valence-corrected chi connectivity index (χ4v) is 6.24. The molecular weight excluding hydrogens is 665 g/mol. The van der Waals surface area contributed by atoms with Crippen LogP contribution in [0.1, 0.15) is 181 Å². The van der Waals surface area contributed by atoms with Gasteiger partial charge in [-0.1, -0.05) is 159 Å². The molecule has 0 amide bonds. The Morgan fingerprint density at radius 2 is 1.04 bits per heavy atom. The zero-order chi connectivity index (χ0) is 37.5. The number of rotatable bonds is 38. The van der Waals surface area contributed by atoms with Crippen molar-refractivity contribution in [1.29, 1.82) is 0 Å². The summed E-state index contributed by atoms with van der Waals surface area (Å²) in [7, 11) is -4.38. The van der Waals surface area contributed by atoms with Gasteiger partial charge in [0, 0.05) is 19.4 Å². The van der Waals surface area contributed by atoms with E-state index in [9.17, 15) is 19.0 Å². The maximum atomic E-state index is 12.5. The number of allylic oxidation sites excluding steroid dienone is 6. The van der Waals surface area contributed by atoms with Gasteiger partial charge in [0.15, 0.2) is 6.10 Å². The number of carbonyl (C=O) groups excluding carboxylic acids is 2. The standard InChI is InChI=1S/C41H76NO8P/c1-3-5-7-9-11-13-15-17-18-19-20-22-24-26-28-30-32-34-41(44)50-39(38-49-51(45,46)48-36-35-42)37-47-40(43)33-31-29-27-25-23-21-16-14-12-10-8-6-4-2/h17-18,20,22,26,28,39H,3-16,19,21,23-25,27,29-38,42H2,1-2H3,(H,45,46)/t39-/m1/s1. The molecule has 298 valence electrons. The van der Waals surface area contributed by atoms with Crippen LogP contribution >= 0.6 is 7.82 Å². The fraction of sp³-hybridized carbons (Fsp3) is 0.805. The van der Waals surface area contributed by atoms with E-state index in [4.69, 9.17) is 24.3 Å². The quantitative estimate of drug-likeness (QED) is 0.0274. The highest BCUT2D eigenvalue weighted by molar-refractivity contribution is 7.47. The predicted octanol–water partition coefficient (Wildman–Crippen LogP) is 11.4. The van der Waals surface area contributed by atoms with Crippen LogP contribution in [0.2, 0.25) is 0 Å². The predicted molar refractivity (Wildman–Crippen MR) is 210 cm³/mol. The van der Waals surface area contributed by atoms with E-state index in [1.54, 1.807) is 0 Å². The number of hydrogen-bond donors (Lipinski definition) is 2. The molecule has 0 saturated heterocycles. The Bertz CT molecular complexity index is 939. The number of unbranched alkanes of at least 4 members (excludes halogenated alkanes) is 19. The minimum absolute atomic E-state index is 0.0462. The summed E-state index contributed by atoms with van der Waals surface area (Å²) < 4.78 is 32.6. The van der Waals surface area contributed by atoms with Crippen LogP contribution in [-0.2, 0) is 32.7 Å². The molecule has 3 N–H and O–H groups in total. The van der Waals surface area contributed by atoms with Crippen LogP contribution in [0.25, 0.3) is 0 Å². The van der Waals surface area contributed by atoms with E-state index < -0.39 is 32.5 Å². The van der Waals surface area contributed by atoms with Gasteiger partial charge in [0.05, 0.1) is 13.2 Å². The summed E-state index contributed by atoms with van der Waals surface area (Å²) in [5.41, 5.74) is 5.33. The molecule has 0 rings (SSSR count). The molecule has 0 aliphatic carbocycles. The molecule has 51 heavy (non-hydrogen) atoms. The first-order chi connectivity index (χ1) is 24.8. The van der Waals surface area contributed by atoms with Crippen LogP contribution in [0.5, 0.6) is 0 Å². The van der Waals surface area contributed by atoms with Crippen molar-refractivity contribution in [2.45, 2.75) is 187 Å².